The number of hydrogen-bond donors (Lipinski definition) is 2. The smallest absolute Gasteiger partial charge is 0.417 e. The summed E-state index contributed by atoms with van der Waals surface area (Å²) in [7, 11) is 1.69. The number of alkyl halides is 3. The number of halogens is 3. The molecule has 1 heterocycles. The number of benzene rings is 1. The van der Waals surface area contributed by atoms with E-state index >= 15 is 0 Å². The van der Waals surface area contributed by atoms with Gasteiger partial charge in [0.25, 0.3) is 0 Å². The molecule has 0 aliphatic carbocycles. The van der Waals surface area contributed by atoms with Crippen molar-refractivity contribution >= 4 is 17.3 Å². The summed E-state index contributed by atoms with van der Waals surface area (Å²) in [4.78, 5) is 10.9. The number of aromatic carboxylic acids is 1. The SMILES string of the molecule is Cc1nn(C)cc1Nc1ccc(C(=O)O)c(C(F)(F)F)c1. The summed E-state index contributed by atoms with van der Waals surface area (Å²) in [6, 6.07) is 2.99. The number of rotatable bonds is 3. The Hall–Kier alpha value is -2.51. The van der Waals surface area contributed by atoms with Crippen LogP contribution in [0.2, 0.25) is 0 Å². The van der Waals surface area contributed by atoms with Crippen LogP contribution in [0.15, 0.2) is 24.4 Å². The molecule has 0 amide bonds. The van der Waals surface area contributed by atoms with Crippen LogP contribution >= 0.6 is 0 Å². The van der Waals surface area contributed by atoms with E-state index in [1.165, 1.54) is 10.7 Å². The minimum atomic E-state index is -4.74. The van der Waals surface area contributed by atoms with Gasteiger partial charge in [-0.05, 0) is 25.1 Å². The number of hydrogen-bond acceptors (Lipinski definition) is 3. The molecule has 0 fully saturated rings. The first-order valence-electron chi connectivity index (χ1n) is 5.90. The summed E-state index contributed by atoms with van der Waals surface area (Å²) >= 11 is 0. The van der Waals surface area contributed by atoms with Crippen LogP contribution in [0.25, 0.3) is 0 Å². The van der Waals surface area contributed by atoms with Gasteiger partial charge in [-0.25, -0.2) is 4.79 Å². The van der Waals surface area contributed by atoms with Crippen LogP contribution in [0, 0.1) is 6.92 Å². The van der Waals surface area contributed by atoms with Crippen LogP contribution in [-0.4, -0.2) is 20.9 Å². The van der Waals surface area contributed by atoms with Crippen molar-refractivity contribution in [2.45, 2.75) is 13.1 Å². The number of carbonyl (C=O) groups is 1. The largest absolute Gasteiger partial charge is 0.478 e. The fourth-order valence-electron chi connectivity index (χ4n) is 1.92. The van der Waals surface area contributed by atoms with Gasteiger partial charge in [0.15, 0.2) is 0 Å². The molecule has 0 bridgehead atoms. The normalized spacial score (nSPS) is 11.5. The molecular weight excluding hydrogens is 287 g/mol. The molecule has 0 aliphatic heterocycles. The third kappa shape index (κ3) is 3.15. The zero-order valence-electron chi connectivity index (χ0n) is 11.2. The maximum atomic E-state index is 12.9. The van der Waals surface area contributed by atoms with E-state index < -0.39 is 23.3 Å². The number of aryl methyl sites for hydroxylation is 2. The first-order chi connectivity index (χ1) is 9.68. The van der Waals surface area contributed by atoms with Crippen LogP contribution in [0.1, 0.15) is 21.6 Å². The van der Waals surface area contributed by atoms with E-state index in [2.05, 4.69) is 10.4 Å². The van der Waals surface area contributed by atoms with Gasteiger partial charge in [-0.2, -0.15) is 18.3 Å². The number of carboxylic acid groups (broad SMARTS) is 1. The predicted molar refractivity (Wildman–Crippen MR) is 69.6 cm³/mol. The van der Waals surface area contributed by atoms with Crippen LogP contribution in [-0.2, 0) is 13.2 Å². The molecule has 8 heteroatoms. The zero-order chi connectivity index (χ0) is 15.8. The number of carboxylic acids is 1. The van der Waals surface area contributed by atoms with Gasteiger partial charge < -0.3 is 10.4 Å². The lowest BCUT2D eigenvalue weighted by atomic mass is 10.1. The van der Waals surface area contributed by atoms with Crippen molar-refractivity contribution in [3.63, 3.8) is 0 Å². The van der Waals surface area contributed by atoms with Crippen molar-refractivity contribution in [1.29, 1.82) is 0 Å². The Morgan fingerprint density at radius 2 is 2.05 bits per heavy atom. The molecule has 5 nitrogen and oxygen atoms in total. The van der Waals surface area contributed by atoms with Gasteiger partial charge >= 0.3 is 12.1 Å². The monoisotopic (exact) mass is 299 g/mol. The predicted octanol–water partition coefficient (Wildman–Crippen LogP) is 3.19. The molecule has 2 aromatic rings. The minimum absolute atomic E-state index is 0.142. The van der Waals surface area contributed by atoms with E-state index in [9.17, 15) is 18.0 Å². The summed E-state index contributed by atoms with van der Waals surface area (Å²) in [5.41, 5.74) is -0.664. The maximum Gasteiger partial charge on any atom is 0.417 e. The molecule has 1 aromatic carbocycles. The van der Waals surface area contributed by atoms with Gasteiger partial charge in [0, 0.05) is 18.9 Å². The second-order valence-corrected chi connectivity index (χ2v) is 4.49. The summed E-state index contributed by atoms with van der Waals surface area (Å²) in [5, 5.41) is 15.7. The maximum absolute atomic E-state index is 12.9. The number of aromatic nitrogens is 2. The van der Waals surface area contributed by atoms with Crippen molar-refractivity contribution < 1.29 is 23.1 Å². The molecular formula is C13H12F3N3O2. The van der Waals surface area contributed by atoms with Crippen molar-refractivity contribution in [2.75, 3.05) is 5.32 Å². The molecule has 2 rings (SSSR count). The summed E-state index contributed by atoms with van der Waals surface area (Å²) in [5.74, 6) is -1.62. The third-order valence-corrected chi connectivity index (χ3v) is 2.85. The average molecular weight is 299 g/mol. The fourth-order valence-corrected chi connectivity index (χ4v) is 1.92. The van der Waals surface area contributed by atoms with E-state index in [1.807, 2.05) is 0 Å². The Balaban J connectivity index is 2.43. The summed E-state index contributed by atoms with van der Waals surface area (Å²) in [6.45, 7) is 1.71. The Kier molecular flexibility index (Phi) is 3.63. The Labute approximate surface area is 118 Å². The van der Waals surface area contributed by atoms with Crippen LogP contribution < -0.4 is 5.32 Å². The first-order valence-corrected chi connectivity index (χ1v) is 5.90. The molecule has 0 unspecified atom stereocenters. The van der Waals surface area contributed by atoms with Crippen LogP contribution in [0.5, 0.6) is 0 Å². The number of anilines is 2. The lowest BCUT2D eigenvalue weighted by Crippen LogP contribution is -2.13. The molecule has 21 heavy (non-hydrogen) atoms. The molecule has 0 aliphatic rings. The molecule has 1 aromatic heterocycles. The van der Waals surface area contributed by atoms with E-state index in [4.69, 9.17) is 5.11 Å². The highest BCUT2D eigenvalue weighted by Gasteiger charge is 2.35. The van der Waals surface area contributed by atoms with Crippen molar-refractivity contribution in [1.82, 2.24) is 9.78 Å². The summed E-state index contributed by atoms with van der Waals surface area (Å²) < 4.78 is 40.2. The number of nitrogens with zero attached hydrogens (tertiary/aromatic N) is 2. The van der Waals surface area contributed by atoms with Gasteiger partial charge in [0.2, 0.25) is 0 Å². The Bertz CT molecular complexity index is 692. The fraction of sp³-hybridized carbons (Fsp3) is 0.231. The molecule has 0 radical (unpaired) electrons. The number of nitrogens with one attached hydrogen (secondary N) is 1. The zero-order valence-corrected chi connectivity index (χ0v) is 11.2. The van der Waals surface area contributed by atoms with Gasteiger partial charge in [0.1, 0.15) is 0 Å². The van der Waals surface area contributed by atoms with Crippen LogP contribution in [0.4, 0.5) is 24.5 Å². The highest BCUT2D eigenvalue weighted by molar-refractivity contribution is 5.90. The minimum Gasteiger partial charge on any atom is -0.478 e. The van der Waals surface area contributed by atoms with E-state index in [1.54, 1.807) is 20.2 Å². The quantitative estimate of drug-likeness (QED) is 0.913. The third-order valence-electron chi connectivity index (χ3n) is 2.85. The average Bonchev–Trinajstić information content (AvgIpc) is 2.66. The molecule has 2 N–H and O–H groups in total. The van der Waals surface area contributed by atoms with Gasteiger partial charge in [-0.1, -0.05) is 0 Å². The van der Waals surface area contributed by atoms with E-state index in [0.717, 1.165) is 12.1 Å². The standard InChI is InChI=1S/C13H12F3N3O2/c1-7-11(6-19(2)18-7)17-8-3-4-9(12(20)21)10(5-8)13(14,15)16/h3-6,17H,1-2H3,(H,20,21). The lowest BCUT2D eigenvalue weighted by molar-refractivity contribution is -0.138. The second kappa shape index (κ2) is 5.12. The van der Waals surface area contributed by atoms with Gasteiger partial charge in [-0.15, -0.1) is 0 Å². The highest BCUT2D eigenvalue weighted by atomic mass is 19.4. The van der Waals surface area contributed by atoms with Crippen molar-refractivity contribution in [3.05, 3.63) is 41.2 Å². The molecule has 112 valence electrons. The molecule has 0 saturated heterocycles. The van der Waals surface area contributed by atoms with E-state index in [0.29, 0.717) is 11.4 Å². The van der Waals surface area contributed by atoms with Gasteiger partial charge in [0.05, 0.1) is 22.5 Å². The van der Waals surface area contributed by atoms with Crippen molar-refractivity contribution in [3.8, 4) is 0 Å². The highest BCUT2D eigenvalue weighted by Crippen LogP contribution is 2.34. The summed E-state index contributed by atoms with van der Waals surface area (Å²) in [6.07, 6.45) is -3.12. The lowest BCUT2D eigenvalue weighted by Gasteiger charge is -2.13. The Morgan fingerprint density at radius 3 is 2.52 bits per heavy atom. The second-order valence-electron chi connectivity index (χ2n) is 4.49. The first kappa shape index (κ1) is 14.9. The molecule has 0 atom stereocenters. The topological polar surface area (TPSA) is 67.2 Å². The van der Waals surface area contributed by atoms with Gasteiger partial charge in [-0.3, -0.25) is 4.68 Å². The molecule has 0 saturated carbocycles. The Morgan fingerprint density at radius 1 is 1.38 bits per heavy atom. The van der Waals surface area contributed by atoms with Crippen LogP contribution in [0.3, 0.4) is 0 Å². The van der Waals surface area contributed by atoms with Crippen molar-refractivity contribution in [2.24, 2.45) is 7.05 Å². The molecule has 0 spiro atoms. The van der Waals surface area contributed by atoms with E-state index in [-0.39, 0.29) is 5.69 Å².